The number of imidazole rings is 1. The summed E-state index contributed by atoms with van der Waals surface area (Å²) in [7, 11) is 0. The van der Waals surface area contributed by atoms with Crippen LogP contribution >= 0.6 is 0 Å². The van der Waals surface area contributed by atoms with E-state index in [-0.39, 0.29) is 0 Å². The molecule has 0 aliphatic carbocycles. The number of nitrogen functional groups attached to an aromatic ring is 1. The van der Waals surface area contributed by atoms with Gasteiger partial charge in [0.1, 0.15) is 11.5 Å². The van der Waals surface area contributed by atoms with E-state index in [2.05, 4.69) is 24.6 Å². The molecule has 0 amide bonds. The zero-order valence-electron chi connectivity index (χ0n) is 9.35. The van der Waals surface area contributed by atoms with Gasteiger partial charge in [-0.05, 0) is 12.5 Å². The van der Waals surface area contributed by atoms with Gasteiger partial charge in [0.2, 0.25) is 0 Å². The van der Waals surface area contributed by atoms with Gasteiger partial charge in [0, 0.05) is 12.1 Å². The minimum atomic E-state index is 0.685. The summed E-state index contributed by atoms with van der Waals surface area (Å²) >= 11 is 0. The third kappa shape index (κ3) is 1.72. The third-order valence-corrected chi connectivity index (χ3v) is 2.60. The van der Waals surface area contributed by atoms with E-state index < -0.39 is 0 Å². The minimum Gasteiger partial charge on any atom is -0.383 e. The number of nitrogens with two attached hydrogens (primary N) is 1. The Kier molecular flexibility index (Phi) is 2.77. The number of hydrogen-bond acceptors (Lipinski definition) is 2. The van der Waals surface area contributed by atoms with Crippen LogP contribution in [0.4, 0.5) is 5.82 Å². The van der Waals surface area contributed by atoms with Gasteiger partial charge in [-0.2, -0.15) is 0 Å². The number of hydrogen-bond donors (Lipinski definition) is 1. The third-order valence-electron chi connectivity index (χ3n) is 2.60. The van der Waals surface area contributed by atoms with Crippen LogP contribution in [0, 0.1) is 6.92 Å². The molecule has 1 aromatic heterocycles. The fourth-order valence-corrected chi connectivity index (χ4v) is 1.72. The smallest absolute Gasteiger partial charge is 0.131 e. The summed E-state index contributed by atoms with van der Waals surface area (Å²) in [6.07, 6.45) is 3.55. The van der Waals surface area contributed by atoms with Gasteiger partial charge >= 0.3 is 0 Å². The number of rotatable bonds is 3. The van der Waals surface area contributed by atoms with Crippen molar-refractivity contribution in [1.82, 2.24) is 9.55 Å². The van der Waals surface area contributed by atoms with Gasteiger partial charge in [-0.25, -0.2) is 4.98 Å². The summed E-state index contributed by atoms with van der Waals surface area (Å²) in [5.41, 5.74) is 9.15. The van der Waals surface area contributed by atoms with Crippen LogP contribution in [0.1, 0.15) is 5.56 Å². The molecule has 0 unspecified atom stereocenters. The van der Waals surface area contributed by atoms with Crippen molar-refractivity contribution in [3.8, 4) is 11.3 Å². The van der Waals surface area contributed by atoms with Gasteiger partial charge in [0.05, 0.1) is 6.33 Å². The molecule has 3 heteroatoms. The van der Waals surface area contributed by atoms with E-state index in [1.807, 2.05) is 22.8 Å². The van der Waals surface area contributed by atoms with Crippen LogP contribution in [0.3, 0.4) is 0 Å². The molecule has 0 aliphatic heterocycles. The van der Waals surface area contributed by atoms with Crippen LogP contribution in [0.25, 0.3) is 11.3 Å². The van der Waals surface area contributed by atoms with E-state index >= 15 is 0 Å². The first-order valence-corrected chi connectivity index (χ1v) is 5.21. The summed E-state index contributed by atoms with van der Waals surface area (Å²) in [5.74, 6) is 0.689. The summed E-state index contributed by atoms with van der Waals surface area (Å²) in [6, 6.07) is 8.09. The Morgan fingerprint density at radius 1 is 1.44 bits per heavy atom. The molecule has 0 aliphatic rings. The molecule has 2 rings (SSSR count). The molecule has 16 heavy (non-hydrogen) atoms. The second-order valence-electron chi connectivity index (χ2n) is 3.73. The quantitative estimate of drug-likeness (QED) is 0.796. The molecular weight excluding hydrogens is 198 g/mol. The van der Waals surface area contributed by atoms with Crippen molar-refractivity contribution in [1.29, 1.82) is 0 Å². The maximum Gasteiger partial charge on any atom is 0.131 e. The van der Waals surface area contributed by atoms with E-state index in [0.717, 1.165) is 11.3 Å². The standard InChI is InChI=1S/C13H15N3/c1-3-8-16-9-15-12(13(16)14)11-7-5-4-6-10(11)2/h3-7,9H,1,8,14H2,2H3. The molecular formula is C13H15N3. The Balaban J connectivity index is 2.49. The van der Waals surface area contributed by atoms with E-state index in [9.17, 15) is 0 Å². The van der Waals surface area contributed by atoms with Gasteiger partial charge in [-0.1, -0.05) is 30.3 Å². The molecule has 0 spiro atoms. The lowest BCUT2D eigenvalue weighted by Gasteiger charge is -2.05. The zero-order chi connectivity index (χ0) is 11.5. The second-order valence-corrected chi connectivity index (χ2v) is 3.73. The van der Waals surface area contributed by atoms with Gasteiger partial charge in [-0.3, -0.25) is 0 Å². The van der Waals surface area contributed by atoms with Crippen LogP contribution < -0.4 is 5.73 Å². The van der Waals surface area contributed by atoms with Gasteiger partial charge in [0.25, 0.3) is 0 Å². The Morgan fingerprint density at radius 3 is 2.88 bits per heavy atom. The van der Waals surface area contributed by atoms with Crippen LogP contribution in [-0.2, 0) is 6.54 Å². The highest BCUT2D eigenvalue weighted by Gasteiger charge is 2.10. The summed E-state index contributed by atoms with van der Waals surface area (Å²) in [5, 5.41) is 0. The van der Waals surface area contributed by atoms with E-state index in [1.54, 1.807) is 12.4 Å². The molecule has 0 atom stereocenters. The number of anilines is 1. The highest BCUT2D eigenvalue weighted by molar-refractivity contribution is 5.73. The lowest BCUT2D eigenvalue weighted by molar-refractivity contribution is 0.833. The van der Waals surface area contributed by atoms with Crippen molar-refractivity contribution in [2.75, 3.05) is 5.73 Å². The van der Waals surface area contributed by atoms with Crippen molar-refractivity contribution in [3.05, 3.63) is 48.8 Å². The number of allylic oxidation sites excluding steroid dienone is 1. The van der Waals surface area contributed by atoms with E-state index in [1.165, 1.54) is 5.56 Å². The van der Waals surface area contributed by atoms with E-state index in [4.69, 9.17) is 5.73 Å². The molecule has 0 bridgehead atoms. The van der Waals surface area contributed by atoms with Crippen LogP contribution in [0.15, 0.2) is 43.2 Å². The van der Waals surface area contributed by atoms with E-state index in [0.29, 0.717) is 12.4 Å². The molecule has 2 N–H and O–H groups in total. The molecule has 1 aromatic carbocycles. The predicted molar refractivity (Wildman–Crippen MR) is 67.0 cm³/mol. The Morgan fingerprint density at radius 2 is 2.19 bits per heavy atom. The SMILES string of the molecule is C=CCn1cnc(-c2ccccc2C)c1N. The summed E-state index contributed by atoms with van der Waals surface area (Å²) in [4.78, 5) is 4.36. The molecule has 0 saturated carbocycles. The monoisotopic (exact) mass is 213 g/mol. The predicted octanol–water partition coefficient (Wildman–Crippen LogP) is 2.63. The summed E-state index contributed by atoms with van der Waals surface area (Å²) < 4.78 is 1.88. The van der Waals surface area contributed by atoms with Gasteiger partial charge in [-0.15, -0.1) is 6.58 Å². The molecule has 0 radical (unpaired) electrons. The van der Waals surface area contributed by atoms with Crippen LogP contribution in [-0.4, -0.2) is 9.55 Å². The molecule has 0 fully saturated rings. The highest BCUT2D eigenvalue weighted by atomic mass is 15.1. The lowest BCUT2D eigenvalue weighted by Crippen LogP contribution is -2.00. The number of nitrogens with zero attached hydrogens (tertiary/aromatic N) is 2. The first-order valence-electron chi connectivity index (χ1n) is 5.21. The topological polar surface area (TPSA) is 43.8 Å². The first-order chi connectivity index (χ1) is 7.74. The molecule has 2 aromatic rings. The normalized spacial score (nSPS) is 10.3. The largest absolute Gasteiger partial charge is 0.383 e. The van der Waals surface area contributed by atoms with Crippen LogP contribution in [0.2, 0.25) is 0 Å². The minimum absolute atomic E-state index is 0.685. The molecule has 1 heterocycles. The number of benzene rings is 1. The Labute approximate surface area is 95.2 Å². The fraction of sp³-hybridized carbons (Fsp3) is 0.154. The fourth-order valence-electron chi connectivity index (χ4n) is 1.72. The van der Waals surface area contributed by atoms with Crippen molar-refractivity contribution in [2.45, 2.75) is 13.5 Å². The molecule has 3 nitrogen and oxygen atoms in total. The summed E-state index contributed by atoms with van der Waals surface area (Å²) in [6.45, 7) is 6.43. The molecule has 0 saturated heterocycles. The average Bonchev–Trinajstić information content (AvgIpc) is 2.62. The zero-order valence-corrected chi connectivity index (χ0v) is 9.35. The lowest BCUT2D eigenvalue weighted by atomic mass is 10.1. The second kappa shape index (κ2) is 4.23. The maximum atomic E-state index is 6.04. The van der Waals surface area contributed by atoms with Crippen molar-refractivity contribution in [2.24, 2.45) is 0 Å². The van der Waals surface area contributed by atoms with Gasteiger partial charge < -0.3 is 10.3 Å². The number of aryl methyl sites for hydroxylation is 1. The van der Waals surface area contributed by atoms with Crippen LogP contribution in [0.5, 0.6) is 0 Å². The average molecular weight is 213 g/mol. The number of aromatic nitrogens is 2. The van der Waals surface area contributed by atoms with Crippen molar-refractivity contribution < 1.29 is 0 Å². The van der Waals surface area contributed by atoms with Gasteiger partial charge in [0.15, 0.2) is 0 Å². The van der Waals surface area contributed by atoms with Crippen molar-refractivity contribution >= 4 is 5.82 Å². The molecule has 82 valence electrons. The maximum absolute atomic E-state index is 6.04. The van der Waals surface area contributed by atoms with Crippen molar-refractivity contribution in [3.63, 3.8) is 0 Å². The Hall–Kier alpha value is -2.03. The highest BCUT2D eigenvalue weighted by Crippen LogP contribution is 2.26. The first kappa shape index (κ1) is 10.5. The Bertz CT molecular complexity index is 512.